The Morgan fingerprint density at radius 3 is 2.39 bits per heavy atom. The zero-order valence-electron chi connectivity index (χ0n) is 26.6. The van der Waals surface area contributed by atoms with Crippen molar-refractivity contribution < 1.29 is 18.0 Å². The van der Waals surface area contributed by atoms with Gasteiger partial charge in [0.1, 0.15) is 6.54 Å². The summed E-state index contributed by atoms with van der Waals surface area (Å²) in [5, 5.41) is 16.7. The van der Waals surface area contributed by atoms with Crippen LogP contribution in [-0.4, -0.2) is 95.4 Å². The van der Waals surface area contributed by atoms with Crippen molar-refractivity contribution >= 4 is 22.6 Å². The average molecular weight is 635 g/mol. The molecule has 9 nitrogen and oxygen atoms in total. The molecule has 4 heterocycles. The molecular weight excluding hydrogens is 593 g/mol. The van der Waals surface area contributed by atoms with Crippen LogP contribution in [0.2, 0.25) is 0 Å². The van der Waals surface area contributed by atoms with E-state index in [-0.39, 0.29) is 18.6 Å². The SMILES string of the molecule is CN1CCN(C(=O)N2CCC(NCc3ccc4c(c3)cc(C#CCNc3ccc(C(C)(C)C#N)nc3)n4CC(F)(F)F)CC2)CC1. The third kappa shape index (κ3) is 8.31. The van der Waals surface area contributed by atoms with Crippen molar-refractivity contribution in [3.63, 3.8) is 0 Å². The van der Waals surface area contributed by atoms with Gasteiger partial charge in [-0.3, -0.25) is 4.98 Å². The maximum atomic E-state index is 13.5. The summed E-state index contributed by atoms with van der Waals surface area (Å²) in [4.78, 5) is 23.4. The lowest BCUT2D eigenvalue weighted by molar-refractivity contribution is -0.140. The Morgan fingerprint density at radius 1 is 1.02 bits per heavy atom. The van der Waals surface area contributed by atoms with Crippen molar-refractivity contribution in [2.45, 2.75) is 57.4 Å². The highest BCUT2D eigenvalue weighted by Crippen LogP contribution is 2.27. The number of aromatic nitrogens is 2. The zero-order valence-corrected chi connectivity index (χ0v) is 26.6. The second-order valence-electron chi connectivity index (χ2n) is 12.7. The Labute approximate surface area is 268 Å². The summed E-state index contributed by atoms with van der Waals surface area (Å²) >= 11 is 0. The van der Waals surface area contributed by atoms with Gasteiger partial charge in [0, 0.05) is 62.8 Å². The first-order chi connectivity index (χ1) is 21.9. The van der Waals surface area contributed by atoms with Gasteiger partial charge in [-0.1, -0.05) is 12.0 Å². The smallest absolute Gasteiger partial charge is 0.373 e. The Morgan fingerprint density at radius 2 is 1.74 bits per heavy atom. The van der Waals surface area contributed by atoms with E-state index in [9.17, 15) is 23.2 Å². The van der Waals surface area contributed by atoms with Gasteiger partial charge in [0.25, 0.3) is 0 Å². The molecule has 2 aromatic heterocycles. The van der Waals surface area contributed by atoms with Crippen molar-refractivity contribution in [1.82, 2.24) is 29.6 Å². The molecule has 0 spiro atoms. The van der Waals surface area contributed by atoms with Crippen LogP contribution in [0.5, 0.6) is 0 Å². The van der Waals surface area contributed by atoms with E-state index in [0.29, 0.717) is 47.6 Å². The number of piperazine rings is 1. The lowest BCUT2D eigenvalue weighted by Gasteiger charge is -2.39. The van der Waals surface area contributed by atoms with Gasteiger partial charge in [-0.25, -0.2) is 4.79 Å². The number of nitriles is 1. The second kappa shape index (κ2) is 14.0. The summed E-state index contributed by atoms with van der Waals surface area (Å²) in [5.41, 5.74) is 2.40. The van der Waals surface area contributed by atoms with Crippen molar-refractivity contribution in [1.29, 1.82) is 5.26 Å². The summed E-state index contributed by atoms with van der Waals surface area (Å²) in [5.74, 6) is 5.85. The number of amides is 2. The minimum absolute atomic E-state index is 0.127. The highest BCUT2D eigenvalue weighted by Gasteiger charge is 2.30. The molecule has 0 aliphatic carbocycles. The van der Waals surface area contributed by atoms with Crippen LogP contribution in [0.3, 0.4) is 0 Å². The summed E-state index contributed by atoms with van der Waals surface area (Å²) < 4.78 is 41.8. The van der Waals surface area contributed by atoms with Gasteiger partial charge < -0.3 is 29.9 Å². The number of hydrogen-bond acceptors (Lipinski definition) is 6. The number of likely N-dealkylation sites (tertiary alicyclic amines) is 1. The second-order valence-corrected chi connectivity index (χ2v) is 12.7. The average Bonchev–Trinajstić information content (AvgIpc) is 3.37. The van der Waals surface area contributed by atoms with E-state index in [1.165, 1.54) is 4.57 Å². The number of pyridine rings is 1. The van der Waals surface area contributed by atoms with E-state index in [0.717, 1.165) is 44.6 Å². The molecule has 2 N–H and O–H groups in total. The van der Waals surface area contributed by atoms with Crippen molar-refractivity contribution in [3.8, 4) is 17.9 Å². The maximum Gasteiger partial charge on any atom is 0.406 e. The van der Waals surface area contributed by atoms with Gasteiger partial charge in [-0.05, 0) is 75.6 Å². The molecule has 46 heavy (non-hydrogen) atoms. The van der Waals surface area contributed by atoms with Gasteiger partial charge in [0.15, 0.2) is 0 Å². The largest absolute Gasteiger partial charge is 0.406 e. The van der Waals surface area contributed by atoms with E-state index in [1.54, 1.807) is 44.3 Å². The highest BCUT2D eigenvalue weighted by molar-refractivity contribution is 5.83. The first-order valence-corrected chi connectivity index (χ1v) is 15.7. The highest BCUT2D eigenvalue weighted by atomic mass is 19.4. The van der Waals surface area contributed by atoms with Crippen LogP contribution >= 0.6 is 0 Å². The van der Waals surface area contributed by atoms with Crippen molar-refractivity contribution in [3.05, 3.63) is 59.5 Å². The molecule has 0 saturated carbocycles. The number of piperidine rings is 1. The molecule has 2 aliphatic heterocycles. The Bertz CT molecular complexity index is 1610. The number of alkyl halides is 3. The molecule has 5 rings (SSSR count). The third-order valence-electron chi connectivity index (χ3n) is 8.72. The molecule has 0 atom stereocenters. The first-order valence-electron chi connectivity index (χ1n) is 15.7. The number of halogens is 3. The summed E-state index contributed by atoms with van der Waals surface area (Å²) in [6, 6.07) is 13.4. The number of fused-ring (bicyclic) bond motifs is 1. The van der Waals surface area contributed by atoms with Crippen LogP contribution < -0.4 is 10.6 Å². The van der Waals surface area contributed by atoms with E-state index in [2.05, 4.69) is 45.5 Å². The van der Waals surface area contributed by atoms with Gasteiger partial charge in [0.05, 0.1) is 41.3 Å². The van der Waals surface area contributed by atoms with E-state index < -0.39 is 18.1 Å². The van der Waals surface area contributed by atoms with Gasteiger partial charge >= 0.3 is 12.2 Å². The molecule has 0 bridgehead atoms. The van der Waals surface area contributed by atoms with Crippen LogP contribution in [0.4, 0.5) is 23.7 Å². The number of nitrogens with one attached hydrogen (secondary N) is 2. The van der Waals surface area contributed by atoms with Crippen molar-refractivity contribution in [2.24, 2.45) is 0 Å². The topological polar surface area (TPSA) is 92.5 Å². The molecular formula is C34H41F3N8O. The molecule has 2 aliphatic rings. The fourth-order valence-corrected chi connectivity index (χ4v) is 5.82. The summed E-state index contributed by atoms with van der Waals surface area (Å²) in [7, 11) is 2.07. The molecule has 0 unspecified atom stereocenters. The predicted octanol–water partition coefficient (Wildman–Crippen LogP) is 4.78. The van der Waals surface area contributed by atoms with E-state index in [4.69, 9.17) is 0 Å². The number of hydrogen-bond donors (Lipinski definition) is 2. The van der Waals surface area contributed by atoms with Gasteiger partial charge in [-0.2, -0.15) is 18.4 Å². The number of benzene rings is 1. The normalized spacial score (nSPS) is 16.6. The number of urea groups is 1. The number of anilines is 1. The minimum atomic E-state index is -4.40. The number of likely N-dealkylation sites (N-methyl/N-ethyl adjacent to an activating group) is 1. The van der Waals surface area contributed by atoms with Gasteiger partial charge in [-0.15, -0.1) is 0 Å². The fraction of sp³-hybridized carbons (Fsp3) is 0.500. The number of carbonyl (C=O) groups excluding carboxylic acids is 1. The fourth-order valence-electron chi connectivity index (χ4n) is 5.82. The van der Waals surface area contributed by atoms with E-state index in [1.807, 2.05) is 21.9 Å². The molecule has 1 aromatic carbocycles. The molecule has 2 saturated heterocycles. The Kier molecular flexibility index (Phi) is 10.1. The van der Waals surface area contributed by atoms with Crippen molar-refractivity contribution in [2.75, 3.05) is 58.2 Å². The minimum Gasteiger partial charge on any atom is -0.373 e. The van der Waals surface area contributed by atoms with Crippen LogP contribution in [0.1, 0.15) is 43.6 Å². The number of rotatable bonds is 7. The standard InChI is InChI=1S/C34H41F3N8O/c1-33(2,23-38)31-9-7-28(22-41-31)39-12-4-5-29-20-26-19-25(6-8-30(26)45(29)24-34(35,36)37)21-40-27-10-13-43(14-11-27)32(46)44-17-15-42(3)16-18-44/h6-9,19-20,22,27,39-40H,10-18,21,24H2,1-3H3. The Hall–Kier alpha value is -4.26. The number of carbonyl (C=O) groups is 1. The maximum absolute atomic E-state index is 13.5. The quantitative estimate of drug-likeness (QED) is 0.364. The van der Waals surface area contributed by atoms with Crippen LogP contribution in [0, 0.1) is 23.2 Å². The molecule has 0 radical (unpaired) electrons. The van der Waals surface area contributed by atoms with E-state index >= 15 is 0 Å². The van der Waals surface area contributed by atoms with Crippen LogP contribution in [0.25, 0.3) is 10.9 Å². The molecule has 3 aromatic rings. The van der Waals surface area contributed by atoms with Crippen LogP contribution in [-0.2, 0) is 18.5 Å². The first kappa shape index (κ1) is 33.1. The molecule has 2 amide bonds. The Balaban J connectivity index is 1.19. The summed E-state index contributed by atoms with van der Waals surface area (Å²) in [6.45, 7) is 7.99. The summed E-state index contributed by atoms with van der Waals surface area (Å²) in [6.07, 6.45) is -1.07. The monoisotopic (exact) mass is 634 g/mol. The lowest BCUT2D eigenvalue weighted by atomic mass is 9.91. The number of nitrogens with zero attached hydrogens (tertiary/aromatic N) is 6. The third-order valence-corrected chi connectivity index (χ3v) is 8.72. The zero-order chi connectivity index (χ0) is 32.9. The van der Waals surface area contributed by atoms with Crippen LogP contribution in [0.15, 0.2) is 42.6 Å². The lowest BCUT2D eigenvalue weighted by Crippen LogP contribution is -2.54. The predicted molar refractivity (Wildman–Crippen MR) is 172 cm³/mol. The molecule has 244 valence electrons. The molecule has 12 heteroatoms. The molecule has 2 fully saturated rings. The van der Waals surface area contributed by atoms with Gasteiger partial charge in [0.2, 0.25) is 0 Å².